The Morgan fingerprint density at radius 2 is 2.19 bits per heavy atom. The molecule has 1 amide bonds. The molecule has 1 heterocycles. The van der Waals surface area contributed by atoms with Crippen molar-refractivity contribution >= 4 is 12.0 Å². The molecule has 0 saturated heterocycles. The van der Waals surface area contributed by atoms with Gasteiger partial charge in [0, 0.05) is 31.8 Å². The van der Waals surface area contributed by atoms with Crippen molar-refractivity contribution in [2.24, 2.45) is 7.05 Å². The molecule has 88 valence electrons. The van der Waals surface area contributed by atoms with Crippen LogP contribution >= 0.6 is 0 Å². The third kappa shape index (κ3) is 3.22. The SMILES string of the molecule is CC(=O)NCCC=Cc1c(C)nn(C)c1C. The maximum Gasteiger partial charge on any atom is 0.216 e. The van der Waals surface area contributed by atoms with Gasteiger partial charge in [-0.05, 0) is 20.3 Å². The molecule has 0 bridgehead atoms. The molecule has 1 aromatic heterocycles. The Balaban J connectivity index is 2.53. The molecular weight excluding hydrogens is 202 g/mol. The molecule has 0 radical (unpaired) electrons. The number of carbonyl (C=O) groups is 1. The number of aryl methyl sites for hydroxylation is 2. The van der Waals surface area contributed by atoms with Crippen LogP contribution in [0.4, 0.5) is 0 Å². The van der Waals surface area contributed by atoms with Gasteiger partial charge in [0.15, 0.2) is 0 Å². The minimum Gasteiger partial charge on any atom is -0.356 e. The first-order valence-corrected chi connectivity index (χ1v) is 5.43. The van der Waals surface area contributed by atoms with Crippen LogP contribution in [0, 0.1) is 13.8 Å². The zero-order valence-electron chi connectivity index (χ0n) is 10.4. The average molecular weight is 221 g/mol. The van der Waals surface area contributed by atoms with Crippen molar-refractivity contribution in [3.63, 3.8) is 0 Å². The van der Waals surface area contributed by atoms with E-state index in [1.54, 1.807) is 0 Å². The summed E-state index contributed by atoms with van der Waals surface area (Å²) in [5.74, 6) is 0.0159. The van der Waals surface area contributed by atoms with Crippen molar-refractivity contribution in [2.45, 2.75) is 27.2 Å². The molecule has 0 unspecified atom stereocenters. The highest BCUT2D eigenvalue weighted by Crippen LogP contribution is 2.13. The standard InChI is InChI=1S/C12H19N3O/c1-9-12(10(2)15(4)14-9)7-5-6-8-13-11(3)16/h5,7H,6,8H2,1-4H3,(H,13,16). The lowest BCUT2D eigenvalue weighted by Crippen LogP contribution is -2.20. The molecular formula is C12H19N3O. The van der Waals surface area contributed by atoms with Crippen molar-refractivity contribution in [1.29, 1.82) is 0 Å². The first-order valence-electron chi connectivity index (χ1n) is 5.43. The number of rotatable bonds is 4. The summed E-state index contributed by atoms with van der Waals surface area (Å²) < 4.78 is 1.88. The quantitative estimate of drug-likeness (QED) is 0.785. The Hall–Kier alpha value is -1.58. The number of amides is 1. The van der Waals surface area contributed by atoms with Gasteiger partial charge in [0.2, 0.25) is 5.91 Å². The molecule has 4 heteroatoms. The predicted molar refractivity (Wildman–Crippen MR) is 65.0 cm³/mol. The summed E-state index contributed by atoms with van der Waals surface area (Å²) in [6.45, 7) is 6.26. The zero-order chi connectivity index (χ0) is 12.1. The summed E-state index contributed by atoms with van der Waals surface area (Å²) in [6.07, 6.45) is 4.97. The number of nitrogens with one attached hydrogen (secondary N) is 1. The summed E-state index contributed by atoms with van der Waals surface area (Å²) in [7, 11) is 1.94. The highest BCUT2D eigenvalue weighted by Gasteiger charge is 2.04. The van der Waals surface area contributed by atoms with Crippen LogP contribution < -0.4 is 5.32 Å². The van der Waals surface area contributed by atoms with E-state index in [0.29, 0.717) is 6.54 Å². The second kappa shape index (κ2) is 5.49. The Bertz CT molecular complexity index is 405. The van der Waals surface area contributed by atoms with Gasteiger partial charge in [0.1, 0.15) is 0 Å². The van der Waals surface area contributed by atoms with Gasteiger partial charge in [0.05, 0.1) is 5.69 Å². The van der Waals surface area contributed by atoms with Crippen LogP contribution in [0.1, 0.15) is 30.3 Å². The van der Waals surface area contributed by atoms with E-state index < -0.39 is 0 Å². The molecule has 0 atom stereocenters. The highest BCUT2D eigenvalue weighted by molar-refractivity contribution is 5.72. The third-order valence-electron chi connectivity index (χ3n) is 2.53. The fourth-order valence-electron chi connectivity index (χ4n) is 1.56. The number of nitrogens with zero attached hydrogens (tertiary/aromatic N) is 2. The molecule has 1 rings (SSSR count). The van der Waals surface area contributed by atoms with Crippen molar-refractivity contribution < 1.29 is 4.79 Å². The second-order valence-electron chi connectivity index (χ2n) is 3.88. The summed E-state index contributed by atoms with van der Waals surface area (Å²) in [4.78, 5) is 10.6. The average Bonchev–Trinajstić information content (AvgIpc) is 2.43. The van der Waals surface area contributed by atoms with Crippen molar-refractivity contribution in [1.82, 2.24) is 15.1 Å². The molecule has 16 heavy (non-hydrogen) atoms. The van der Waals surface area contributed by atoms with Crippen LogP contribution in [0.25, 0.3) is 6.08 Å². The summed E-state index contributed by atoms with van der Waals surface area (Å²) in [6, 6.07) is 0. The lowest BCUT2D eigenvalue weighted by molar-refractivity contribution is -0.118. The largest absolute Gasteiger partial charge is 0.356 e. The van der Waals surface area contributed by atoms with Gasteiger partial charge >= 0.3 is 0 Å². The number of hydrogen-bond donors (Lipinski definition) is 1. The van der Waals surface area contributed by atoms with Gasteiger partial charge in [-0.15, -0.1) is 0 Å². The van der Waals surface area contributed by atoms with Crippen LogP contribution in [0.2, 0.25) is 0 Å². The van der Waals surface area contributed by atoms with E-state index in [4.69, 9.17) is 0 Å². The normalized spacial score (nSPS) is 11.0. The summed E-state index contributed by atoms with van der Waals surface area (Å²) in [5, 5.41) is 7.09. The Labute approximate surface area is 96.3 Å². The molecule has 0 fully saturated rings. The van der Waals surface area contributed by atoms with Gasteiger partial charge < -0.3 is 5.32 Å². The summed E-state index contributed by atoms with van der Waals surface area (Å²) in [5.41, 5.74) is 3.37. The summed E-state index contributed by atoms with van der Waals surface area (Å²) >= 11 is 0. The molecule has 0 aliphatic rings. The maximum absolute atomic E-state index is 10.6. The van der Waals surface area contributed by atoms with E-state index in [1.807, 2.05) is 25.6 Å². The highest BCUT2D eigenvalue weighted by atomic mass is 16.1. The van der Waals surface area contributed by atoms with Gasteiger partial charge in [-0.1, -0.05) is 12.2 Å². The van der Waals surface area contributed by atoms with Gasteiger partial charge in [-0.3, -0.25) is 9.48 Å². The van der Waals surface area contributed by atoms with Crippen LogP contribution in [-0.2, 0) is 11.8 Å². The van der Waals surface area contributed by atoms with Crippen LogP contribution in [-0.4, -0.2) is 22.2 Å². The van der Waals surface area contributed by atoms with Crippen molar-refractivity contribution in [3.05, 3.63) is 23.0 Å². The first-order chi connectivity index (χ1) is 7.52. The fourth-order valence-corrected chi connectivity index (χ4v) is 1.56. The Morgan fingerprint density at radius 3 is 2.69 bits per heavy atom. The van der Waals surface area contributed by atoms with E-state index in [1.165, 1.54) is 12.5 Å². The van der Waals surface area contributed by atoms with E-state index in [9.17, 15) is 4.79 Å². The van der Waals surface area contributed by atoms with Crippen LogP contribution in [0.5, 0.6) is 0 Å². The van der Waals surface area contributed by atoms with Gasteiger partial charge in [-0.2, -0.15) is 5.10 Å². The smallest absolute Gasteiger partial charge is 0.216 e. The minimum absolute atomic E-state index is 0.0159. The zero-order valence-corrected chi connectivity index (χ0v) is 10.4. The van der Waals surface area contributed by atoms with Crippen LogP contribution in [0.15, 0.2) is 6.08 Å². The molecule has 0 saturated carbocycles. The Morgan fingerprint density at radius 1 is 1.50 bits per heavy atom. The van der Waals surface area contributed by atoms with Crippen molar-refractivity contribution in [2.75, 3.05) is 6.54 Å². The number of carbonyl (C=O) groups excluding carboxylic acids is 1. The Kier molecular flexibility index (Phi) is 4.28. The lowest BCUT2D eigenvalue weighted by Gasteiger charge is -1.97. The predicted octanol–water partition coefficient (Wildman–Crippen LogP) is 1.58. The van der Waals surface area contributed by atoms with E-state index in [2.05, 4.69) is 22.6 Å². The molecule has 1 N–H and O–H groups in total. The second-order valence-corrected chi connectivity index (χ2v) is 3.88. The van der Waals surface area contributed by atoms with E-state index in [0.717, 1.165) is 17.8 Å². The molecule has 0 aromatic carbocycles. The molecule has 1 aromatic rings. The fraction of sp³-hybridized carbons (Fsp3) is 0.500. The first kappa shape index (κ1) is 12.5. The topological polar surface area (TPSA) is 46.9 Å². The monoisotopic (exact) mass is 221 g/mol. The van der Waals surface area contributed by atoms with Crippen LogP contribution in [0.3, 0.4) is 0 Å². The third-order valence-corrected chi connectivity index (χ3v) is 2.53. The lowest BCUT2D eigenvalue weighted by atomic mass is 10.2. The van der Waals surface area contributed by atoms with Gasteiger partial charge in [-0.25, -0.2) is 0 Å². The van der Waals surface area contributed by atoms with Crippen molar-refractivity contribution in [3.8, 4) is 0 Å². The minimum atomic E-state index is 0.0159. The molecule has 0 aliphatic carbocycles. The molecule has 4 nitrogen and oxygen atoms in total. The number of aromatic nitrogens is 2. The number of hydrogen-bond acceptors (Lipinski definition) is 2. The van der Waals surface area contributed by atoms with E-state index >= 15 is 0 Å². The molecule has 0 aliphatic heterocycles. The van der Waals surface area contributed by atoms with Gasteiger partial charge in [0.25, 0.3) is 0 Å². The maximum atomic E-state index is 10.6. The van der Waals surface area contributed by atoms with E-state index in [-0.39, 0.29) is 5.91 Å². The molecule has 0 spiro atoms.